The van der Waals surface area contributed by atoms with Crippen molar-refractivity contribution in [3.63, 3.8) is 0 Å². The Morgan fingerprint density at radius 3 is 2.57 bits per heavy atom. The molecule has 1 aromatic carbocycles. The Morgan fingerprint density at radius 2 is 1.87 bits per heavy atom. The summed E-state index contributed by atoms with van der Waals surface area (Å²) in [6, 6.07) is 8.08. The molecule has 8 heteroatoms. The van der Waals surface area contributed by atoms with Crippen molar-refractivity contribution < 1.29 is 19.1 Å². The van der Waals surface area contributed by atoms with Gasteiger partial charge in [0, 0.05) is 31.4 Å². The van der Waals surface area contributed by atoms with Crippen LogP contribution in [-0.2, 0) is 14.3 Å². The summed E-state index contributed by atoms with van der Waals surface area (Å²) in [7, 11) is 0. The zero-order chi connectivity index (χ0) is 21.1. The predicted octanol–water partition coefficient (Wildman–Crippen LogP) is 2.96. The van der Waals surface area contributed by atoms with Gasteiger partial charge in [0.25, 0.3) is 11.1 Å². The average Bonchev–Trinajstić information content (AvgIpc) is 3.02. The van der Waals surface area contributed by atoms with E-state index >= 15 is 0 Å². The molecular formula is C22H27N3O4S. The van der Waals surface area contributed by atoms with Crippen molar-refractivity contribution in [1.82, 2.24) is 9.80 Å². The molecule has 0 spiro atoms. The van der Waals surface area contributed by atoms with Gasteiger partial charge in [-0.15, -0.1) is 0 Å². The third-order valence-corrected chi connectivity index (χ3v) is 6.76. The molecule has 3 aliphatic heterocycles. The van der Waals surface area contributed by atoms with Gasteiger partial charge in [0.1, 0.15) is 6.54 Å². The van der Waals surface area contributed by atoms with Crippen LogP contribution in [-0.4, -0.2) is 72.3 Å². The molecule has 3 amide bonds. The maximum Gasteiger partial charge on any atom is 0.294 e. The van der Waals surface area contributed by atoms with E-state index < -0.39 is 0 Å². The molecule has 0 bridgehead atoms. The van der Waals surface area contributed by atoms with E-state index in [1.165, 1.54) is 0 Å². The van der Waals surface area contributed by atoms with Crippen molar-refractivity contribution in [3.8, 4) is 0 Å². The van der Waals surface area contributed by atoms with E-state index in [-0.39, 0.29) is 29.6 Å². The van der Waals surface area contributed by atoms with Gasteiger partial charge in [0.05, 0.1) is 18.1 Å². The van der Waals surface area contributed by atoms with E-state index in [0.717, 1.165) is 73.5 Å². The van der Waals surface area contributed by atoms with Crippen molar-refractivity contribution >= 4 is 40.6 Å². The summed E-state index contributed by atoms with van der Waals surface area (Å²) in [5, 5.41) is -0.380. The largest absolute Gasteiger partial charge is 0.378 e. The second kappa shape index (κ2) is 9.22. The number of benzene rings is 1. The molecule has 3 aliphatic rings. The Hall–Kier alpha value is -2.32. The minimum absolute atomic E-state index is 0.152. The number of ether oxygens (including phenoxy) is 1. The number of carbonyl (C=O) groups is 3. The summed E-state index contributed by atoms with van der Waals surface area (Å²) in [5.74, 6) is -0.541. The highest BCUT2D eigenvalue weighted by Gasteiger charge is 2.37. The van der Waals surface area contributed by atoms with E-state index in [2.05, 4.69) is 4.90 Å². The molecule has 3 heterocycles. The van der Waals surface area contributed by atoms with Crippen LogP contribution in [0, 0.1) is 0 Å². The van der Waals surface area contributed by atoms with E-state index in [9.17, 15) is 14.4 Å². The Kier molecular flexibility index (Phi) is 6.43. The van der Waals surface area contributed by atoms with Gasteiger partial charge >= 0.3 is 0 Å². The first-order chi connectivity index (χ1) is 14.5. The van der Waals surface area contributed by atoms with Gasteiger partial charge in [-0.2, -0.15) is 0 Å². The molecule has 3 saturated heterocycles. The van der Waals surface area contributed by atoms with Crippen LogP contribution in [0.25, 0.3) is 6.08 Å². The van der Waals surface area contributed by atoms with Gasteiger partial charge in [-0.1, -0.05) is 12.1 Å². The zero-order valence-corrected chi connectivity index (χ0v) is 18.0. The number of rotatable bonds is 4. The van der Waals surface area contributed by atoms with Crippen LogP contribution in [0.1, 0.15) is 31.7 Å². The topological polar surface area (TPSA) is 70.2 Å². The Balaban J connectivity index is 1.41. The van der Waals surface area contributed by atoms with E-state index in [4.69, 9.17) is 4.74 Å². The summed E-state index contributed by atoms with van der Waals surface area (Å²) in [5.41, 5.74) is 1.97. The Morgan fingerprint density at radius 1 is 1.13 bits per heavy atom. The number of hydrogen-bond acceptors (Lipinski definition) is 6. The van der Waals surface area contributed by atoms with Gasteiger partial charge < -0.3 is 14.5 Å². The second-order valence-corrected chi connectivity index (χ2v) is 8.88. The highest BCUT2D eigenvalue weighted by molar-refractivity contribution is 8.18. The number of nitrogens with zero attached hydrogens (tertiary/aromatic N) is 3. The number of imide groups is 1. The van der Waals surface area contributed by atoms with Crippen LogP contribution in [0.5, 0.6) is 0 Å². The van der Waals surface area contributed by atoms with Gasteiger partial charge in [0.15, 0.2) is 0 Å². The monoisotopic (exact) mass is 429 g/mol. The number of amides is 3. The first-order valence-electron chi connectivity index (χ1n) is 10.5. The lowest BCUT2D eigenvalue weighted by Crippen LogP contribution is -2.47. The number of piperidine rings is 1. The first-order valence-corrected chi connectivity index (χ1v) is 11.3. The number of hydrogen-bond donors (Lipinski definition) is 0. The van der Waals surface area contributed by atoms with Gasteiger partial charge in [0.2, 0.25) is 5.91 Å². The summed E-state index contributed by atoms with van der Waals surface area (Å²) in [4.78, 5) is 43.3. The van der Waals surface area contributed by atoms with Crippen molar-refractivity contribution in [2.24, 2.45) is 0 Å². The third kappa shape index (κ3) is 4.54. The highest BCUT2D eigenvalue weighted by Crippen LogP contribution is 2.32. The lowest BCUT2D eigenvalue weighted by Gasteiger charge is -2.34. The normalized spacial score (nSPS) is 24.1. The molecular weight excluding hydrogens is 402 g/mol. The summed E-state index contributed by atoms with van der Waals surface area (Å²) >= 11 is 0.899. The molecule has 0 aliphatic carbocycles. The molecule has 0 unspecified atom stereocenters. The number of likely N-dealkylation sites (tertiary alicyclic amines) is 1. The SMILES string of the molecule is C[C@H]1CCCCN1C(=O)CN1C(=O)S/C(=C\c2ccc(N3CCOCC3)cc2)C1=O. The first kappa shape index (κ1) is 20.9. The number of morpholine rings is 1. The Bertz CT molecular complexity index is 848. The van der Waals surface area contributed by atoms with Crippen molar-refractivity contribution in [2.75, 3.05) is 44.3 Å². The lowest BCUT2D eigenvalue weighted by molar-refractivity contribution is -0.138. The minimum Gasteiger partial charge on any atom is -0.378 e. The zero-order valence-electron chi connectivity index (χ0n) is 17.2. The smallest absolute Gasteiger partial charge is 0.294 e. The molecule has 0 radical (unpaired) electrons. The molecule has 7 nitrogen and oxygen atoms in total. The third-order valence-electron chi connectivity index (χ3n) is 5.86. The van der Waals surface area contributed by atoms with Crippen molar-refractivity contribution in [2.45, 2.75) is 32.2 Å². The van der Waals surface area contributed by atoms with Gasteiger partial charge in [-0.05, 0) is 61.7 Å². The number of carbonyl (C=O) groups excluding carboxylic acids is 3. The fourth-order valence-electron chi connectivity index (χ4n) is 4.09. The van der Waals surface area contributed by atoms with E-state index in [1.54, 1.807) is 11.0 Å². The predicted molar refractivity (Wildman–Crippen MR) is 117 cm³/mol. The summed E-state index contributed by atoms with van der Waals surface area (Å²) < 4.78 is 5.38. The standard InChI is InChI=1S/C22H27N3O4S/c1-16-4-2-3-9-24(16)20(26)15-25-21(27)19(30-22(25)28)14-17-5-7-18(8-6-17)23-10-12-29-13-11-23/h5-8,14,16H,2-4,9-13,15H2,1H3/b19-14-/t16-/m0/s1. The van der Waals surface area contributed by atoms with E-state index in [1.807, 2.05) is 31.2 Å². The molecule has 1 atom stereocenters. The fourth-order valence-corrected chi connectivity index (χ4v) is 4.92. The number of thioether (sulfide) groups is 1. The molecule has 0 aromatic heterocycles. The fraction of sp³-hybridized carbons (Fsp3) is 0.500. The Labute approximate surface area is 181 Å². The maximum absolute atomic E-state index is 12.8. The molecule has 4 rings (SSSR count). The quantitative estimate of drug-likeness (QED) is 0.686. The van der Waals surface area contributed by atoms with Crippen LogP contribution in [0.15, 0.2) is 29.2 Å². The highest BCUT2D eigenvalue weighted by atomic mass is 32.2. The maximum atomic E-state index is 12.8. The van der Waals surface area contributed by atoms with Gasteiger partial charge in [-0.3, -0.25) is 19.3 Å². The molecule has 1 aromatic rings. The van der Waals surface area contributed by atoms with E-state index in [0.29, 0.717) is 11.4 Å². The summed E-state index contributed by atoms with van der Waals surface area (Å²) in [6.45, 7) is 5.71. The van der Waals surface area contributed by atoms with Crippen LogP contribution < -0.4 is 4.90 Å². The number of anilines is 1. The molecule has 3 fully saturated rings. The minimum atomic E-state index is -0.389. The van der Waals surface area contributed by atoms with Crippen molar-refractivity contribution in [1.29, 1.82) is 0 Å². The van der Waals surface area contributed by atoms with Gasteiger partial charge in [-0.25, -0.2) is 0 Å². The van der Waals surface area contributed by atoms with Crippen LogP contribution >= 0.6 is 11.8 Å². The second-order valence-electron chi connectivity index (χ2n) is 7.89. The summed E-state index contributed by atoms with van der Waals surface area (Å²) in [6.07, 6.45) is 4.77. The van der Waals surface area contributed by atoms with Crippen LogP contribution in [0.3, 0.4) is 0 Å². The molecule has 0 saturated carbocycles. The molecule has 160 valence electrons. The molecule has 30 heavy (non-hydrogen) atoms. The lowest BCUT2D eigenvalue weighted by atomic mass is 10.0. The van der Waals surface area contributed by atoms with Crippen LogP contribution in [0.4, 0.5) is 10.5 Å². The molecule has 0 N–H and O–H groups in total. The van der Waals surface area contributed by atoms with Crippen LogP contribution in [0.2, 0.25) is 0 Å². The average molecular weight is 430 g/mol. The van der Waals surface area contributed by atoms with Crippen molar-refractivity contribution in [3.05, 3.63) is 34.7 Å².